The second-order valence-electron chi connectivity index (χ2n) is 6.53. The zero-order valence-corrected chi connectivity index (χ0v) is 13.0. The van der Waals surface area contributed by atoms with Crippen LogP contribution in [0.4, 0.5) is 5.69 Å². The van der Waals surface area contributed by atoms with Crippen molar-refractivity contribution in [3.05, 3.63) is 29.8 Å². The molecule has 1 heterocycles. The lowest BCUT2D eigenvalue weighted by atomic mass is 9.85. The molecule has 1 aromatic rings. The number of rotatable bonds is 3. The third-order valence-electron chi connectivity index (χ3n) is 3.98. The minimum Gasteiger partial charge on any atom is -0.507 e. The highest BCUT2D eigenvalue weighted by Gasteiger charge is 2.30. The van der Waals surface area contributed by atoms with Gasteiger partial charge in [0.25, 0.3) is 0 Å². The summed E-state index contributed by atoms with van der Waals surface area (Å²) in [6.45, 7) is 12.2. The third-order valence-corrected chi connectivity index (χ3v) is 3.98. The Morgan fingerprint density at radius 3 is 2.76 bits per heavy atom. The highest BCUT2D eigenvalue weighted by molar-refractivity contribution is 5.84. The molecule has 1 atom stereocenters. The van der Waals surface area contributed by atoms with Crippen LogP contribution in [-0.2, 0) is 0 Å². The molecule has 21 heavy (non-hydrogen) atoms. The quantitative estimate of drug-likeness (QED) is 0.840. The molecule has 1 aliphatic rings. The van der Waals surface area contributed by atoms with Crippen LogP contribution in [0.3, 0.4) is 0 Å². The molecule has 1 saturated heterocycles. The predicted molar refractivity (Wildman–Crippen MR) is 87.0 cm³/mol. The number of hydrogen-bond donors (Lipinski definition) is 2. The summed E-state index contributed by atoms with van der Waals surface area (Å²) >= 11 is 0. The first kappa shape index (κ1) is 14.1. The van der Waals surface area contributed by atoms with Crippen molar-refractivity contribution in [2.24, 2.45) is 5.41 Å². The van der Waals surface area contributed by atoms with Crippen LogP contribution in [0.1, 0.15) is 36.7 Å². The molecule has 0 amide bonds. The SMILES string of the molecule is [2H]N1CCN(c2cc(O)c(C=O)cc2C=C)CC1C(C)(C)C. The normalized spacial score (nSPS) is 21.0. The Kier molecular flexibility index (Phi) is 3.97. The largest absolute Gasteiger partial charge is 0.507 e. The Balaban J connectivity index is 2.37. The van der Waals surface area contributed by atoms with Gasteiger partial charge in [-0.3, -0.25) is 4.79 Å². The molecule has 1 fully saturated rings. The molecule has 0 saturated carbocycles. The molecule has 0 bridgehead atoms. The Bertz CT molecular complexity index is 581. The second kappa shape index (κ2) is 5.90. The summed E-state index contributed by atoms with van der Waals surface area (Å²) in [5, 5.41) is 11.6. The van der Waals surface area contributed by atoms with Gasteiger partial charge < -0.3 is 15.3 Å². The molecule has 2 rings (SSSR count). The average Bonchev–Trinajstić information content (AvgIpc) is 2.46. The van der Waals surface area contributed by atoms with Gasteiger partial charge in [0.1, 0.15) is 7.16 Å². The highest BCUT2D eigenvalue weighted by Crippen LogP contribution is 2.32. The van der Waals surface area contributed by atoms with E-state index in [1.807, 2.05) is 0 Å². The lowest BCUT2D eigenvalue weighted by Gasteiger charge is -2.42. The summed E-state index contributed by atoms with van der Waals surface area (Å²) in [6.07, 6.45) is 2.34. The van der Waals surface area contributed by atoms with Crippen molar-refractivity contribution >= 4 is 18.0 Å². The fourth-order valence-corrected chi connectivity index (χ4v) is 2.60. The summed E-state index contributed by atoms with van der Waals surface area (Å²) < 4.78 is 8.13. The van der Waals surface area contributed by atoms with Crippen LogP contribution in [-0.4, -0.2) is 37.1 Å². The van der Waals surface area contributed by atoms with Gasteiger partial charge in [-0.2, -0.15) is 0 Å². The van der Waals surface area contributed by atoms with Crippen LogP contribution >= 0.6 is 0 Å². The standard InChI is InChI=1S/C17H24N2O2/c1-5-12-8-13(11-20)15(21)9-14(12)19-7-6-18-16(10-19)17(2,3)4/h5,8-9,11,16,18,21H,1,6-7,10H2,2-4H3/i/hD. The van der Waals surface area contributed by atoms with Crippen LogP contribution < -0.4 is 10.2 Å². The summed E-state index contributed by atoms with van der Waals surface area (Å²) in [4.78, 5) is 13.1. The number of phenols is 1. The van der Waals surface area contributed by atoms with Gasteiger partial charge in [0.2, 0.25) is 0 Å². The van der Waals surface area contributed by atoms with Crippen LogP contribution in [0.15, 0.2) is 18.7 Å². The first-order valence-electron chi connectivity index (χ1n) is 7.67. The smallest absolute Gasteiger partial charge is 0.153 e. The molecule has 4 nitrogen and oxygen atoms in total. The average molecular weight is 289 g/mol. The van der Waals surface area contributed by atoms with E-state index in [2.05, 4.69) is 32.3 Å². The molecule has 1 unspecified atom stereocenters. The Morgan fingerprint density at radius 1 is 1.48 bits per heavy atom. The third kappa shape index (κ3) is 3.27. The Labute approximate surface area is 127 Å². The van der Waals surface area contributed by atoms with Gasteiger partial charge in [-0.15, -0.1) is 0 Å². The van der Waals surface area contributed by atoms with Gasteiger partial charge >= 0.3 is 0 Å². The number of anilines is 1. The topological polar surface area (TPSA) is 52.6 Å². The molecule has 0 aliphatic carbocycles. The molecule has 114 valence electrons. The van der Waals surface area contributed by atoms with E-state index in [9.17, 15) is 9.90 Å². The number of carbonyl (C=O) groups is 1. The van der Waals surface area contributed by atoms with Crippen LogP contribution in [0, 0.1) is 5.41 Å². The van der Waals surface area contributed by atoms with Crippen molar-refractivity contribution < 1.29 is 11.3 Å². The number of aldehydes is 1. The number of piperazine rings is 1. The summed E-state index contributed by atoms with van der Waals surface area (Å²) in [5.41, 5.74) is 1.94. The first-order chi connectivity index (χ1) is 10.3. The van der Waals surface area contributed by atoms with Crippen LogP contribution in [0.25, 0.3) is 6.08 Å². The van der Waals surface area contributed by atoms with Crippen molar-refractivity contribution in [1.82, 2.24) is 5.31 Å². The maximum atomic E-state index is 11.0. The van der Waals surface area contributed by atoms with Gasteiger partial charge in [0.15, 0.2) is 6.29 Å². The number of nitrogens with zero attached hydrogens (tertiary/aromatic N) is 1. The van der Waals surface area contributed by atoms with Gasteiger partial charge in [0.05, 0.1) is 5.56 Å². The van der Waals surface area contributed by atoms with Crippen molar-refractivity contribution in [1.29, 1.82) is 0 Å². The molecule has 2 N–H and O–H groups in total. The maximum absolute atomic E-state index is 11.0. The minimum absolute atomic E-state index is 0.0143. The number of phenolic OH excluding ortho intramolecular Hbond substituents is 1. The van der Waals surface area contributed by atoms with E-state index in [1.54, 1.807) is 23.5 Å². The van der Waals surface area contributed by atoms with Gasteiger partial charge in [0, 0.05) is 37.4 Å². The monoisotopic (exact) mass is 289 g/mol. The minimum atomic E-state index is -0.0174. The van der Waals surface area contributed by atoms with E-state index in [4.69, 9.17) is 1.41 Å². The number of hydrogen-bond acceptors (Lipinski definition) is 4. The highest BCUT2D eigenvalue weighted by atomic mass is 16.3. The van der Waals surface area contributed by atoms with E-state index >= 15 is 0 Å². The van der Waals surface area contributed by atoms with Crippen LogP contribution in [0.2, 0.25) is 1.41 Å². The summed E-state index contributed by atoms with van der Waals surface area (Å²) in [7, 11) is 0. The number of carbonyl (C=O) groups excluding carboxylic acids is 1. The molecule has 1 aromatic carbocycles. The fourth-order valence-electron chi connectivity index (χ4n) is 2.60. The van der Waals surface area contributed by atoms with Crippen molar-refractivity contribution in [2.75, 3.05) is 24.5 Å². The Hall–Kier alpha value is -1.81. The number of benzene rings is 1. The predicted octanol–water partition coefficient (Wildman–Crippen LogP) is 2.67. The first-order valence-corrected chi connectivity index (χ1v) is 7.23. The molecular formula is C17H24N2O2. The molecule has 0 spiro atoms. The van der Waals surface area contributed by atoms with E-state index < -0.39 is 0 Å². The van der Waals surface area contributed by atoms with Gasteiger partial charge in [-0.25, -0.2) is 0 Å². The van der Waals surface area contributed by atoms with E-state index in [1.165, 1.54) is 0 Å². The van der Waals surface area contributed by atoms with Crippen LogP contribution in [0.5, 0.6) is 5.75 Å². The molecule has 0 radical (unpaired) electrons. The zero-order chi connectivity index (χ0) is 16.5. The van der Waals surface area contributed by atoms with Crippen molar-refractivity contribution in [3.63, 3.8) is 0 Å². The number of aromatic hydroxyl groups is 1. The van der Waals surface area contributed by atoms with E-state index in [-0.39, 0.29) is 22.8 Å². The lowest BCUT2D eigenvalue weighted by molar-refractivity contribution is 0.112. The lowest BCUT2D eigenvalue weighted by Crippen LogP contribution is -2.56. The zero-order valence-electron chi connectivity index (χ0n) is 14.0. The Morgan fingerprint density at radius 2 is 2.19 bits per heavy atom. The summed E-state index contributed by atoms with van der Waals surface area (Å²) in [6, 6.07) is 3.37. The van der Waals surface area contributed by atoms with E-state index in [0.717, 1.165) is 11.3 Å². The van der Waals surface area contributed by atoms with Gasteiger partial charge in [-0.05, 0) is 17.0 Å². The van der Waals surface area contributed by atoms with E-state index in [0.29, 0.717) is 25.9 Å². The molecule has 0 aromatic heterocycles. The summed E-state index contributed by atoms with van der Waals surface area (Å²) in [5.74, 6) is -0.0174. The molecular weight excluding hydrogens is 264 g/mol. The maximum Gasteiger partial charge on any atom is 0.153 e. The van der Waals surface area contributed by atoms with Crippen molar-refractivity contribution in [3.8, 4) is 5.75 Å². The molecule has 1 aliphatic heterocycles. The second-order valence-corrected chi connectivity index (χ2v) is 6.53. The molecule has 4 heteroatoms. The number of nitrogens with one attached hydrogen (secondary N) is 1. The van der Waals surface area contributed by atoms with Crippen molar-refractivity contribution in [2.45, 2.75) is 26.8 Å². The van der Waals surface area contributed by atoms with Gasteiger partial charge in [-0.1, -0.05) is 33.4 Å². The fraction of sp³-hybridized carbons (Fsp3) is 0.471.